The third kappa shape index (κ3) is 5.44. The van der Waals surface area contributed by atoms with Crippen LogP contribution in [0.2, 0.25) is 0 Å². The number of carbonyl (C=O) groups is 1. The van der Waals surface area contributed by atoms with Crippen LogP contribution in [0.1, 0.15) is 41.6 Å². The third-order valence-electron chi connectivity index (χ3n) is 6.33. The van der Waals surface area contributed by atoms with Crippen LogP contribution in [0.5, 0.6) is 0 Å². The van der Waals surface area contributed by atoms with Crippen LogP contribution in [-0.4, -0.2) is 62.1 Å². The molecule has 2 fully saturated rings. The highest BCUT2D eigenvalue weighted by atomic mass is 32.2. The monoisotopic (exact) mass is 476 g/mol. The molecule has 0 unspecified atom stereocenters. The first kappa shape index (κ1) is 23.4. The van der Waals surface area contributed by atoms with E-state index < -0.39 is 21.8 Å². The molecular weight excluding hydrogens is 447 g/mol. The minimum absolute atomic E-state index is 0.0837. The summed E-state index contributed by atoms with van der Waals surface area (Å²) in [4.78, 5) is 20.2. The summed E-state index contributed by atoms with van der Waals surface area (Å²) in [5.41, 5.74) is 0.342. The summed E-state index contributed by atoms with van der Waals surface area (Å²) >= 11 is 0. The van der Waals surface area contributed by atoms with E-state index in [2.05, 4.69) is 14.6 Å². The van der Waals surface area contributed by atoms with Gasteiger partial charge in [-0.05, 0) is 75.4 Å². The van der Waals surface area contributed by atoms with E-state index in [-0.39, 0.29) is 16.1 Å². The molecule has 8 nitrogen and oxygen atoms in total. The van der Waals surface area contributed by atoms with Gasteiger partial charge in [-0.1, -0.05) is 6.07 Å². The largest absolute Gasteiger partial charge is 0.478 e. The molecule has 2 saturated heterocycles. The zero-order valence-corrected chi connectivity index (χ0v) is 19.4. The minimum Gasteiger partial charge on any atom is -0.478 e. The maximum Gasteiger partial charge on any atom is 0.337 e. The molecule has 0 spiro atoms. The van der Waals surface area contributed by atoms with Crippen molar-refractivity contribution in [3.8, 4) is 0 Å². The average Bonchev–Trinajstić information content (AvgIpc) is 3.28. The molecule has 2 aromatic rings. The molecule has 33 heavy (non-hydrogen) atoms. The molecule has 0 amide bonds. The molecule has 1 atom stereocenters. The highest BCUT2D eigenvalue weighted by Crippen LogP contribution is 2.32. The number of nitrogens with zero attached hydrogens (tertiary/aromatic N) is 3. The summed E-state index contributed by atoms with van der Waals surface area (Å²) in [6.07, 6.45) is 5.72. The van der Waals surface area contributed by atoms with Crippen molar-refractivity contribution in [2.24, 2.45) is 5.92 Å². The minimum atomic E-state index is -4.16. The number of anilines is 2. The Bertz CT molecular complexity index is 1140. The molecule has 3 heterocycles. The van der Waals surface area contributed by atoms with E-state index in [9.17, 15) is 22.7 Å². The van der Waals surface area contributed by atoms with Crippen LogP contribution in [0.4, 0.5) is 15.9 Å². The lowest BCUT2D eigenvalue weighted by Crippen LogP contribution is -2.41. The van der Waals surface area contributed by atoms with Crippen molar-refractivity contribution >= 4 is 27.5 Å². The van der Waals surface area contributed by atoms with Gasteiger partial charge in [0.1, 0.15) is 5.82 Å². The number of aromatic nitrogens is 1. The highest BCUT2D eigenvalue weighted by Gasteiger charge is 2.28. The van der Waals surface area contributed by atoms with Gasteiger partial charge in [0.15, 0.2) is 5.82 Å². The van der Waals surface area contributed by atoms with Crippen molar-refractivity contribution in [3.63, 3.8) is 0 Å². The van der Waals surface area contributed by atoms with Crippen LogP contribution in [0, 0.1) is 18.7 Å². The Morgan fingerprint density at radius 3 is 2.70 bits per heavy atom. The Labute approximate surface area is 193 Å². The number of aromatic carboxylic acids is 1. The lowest BCUT2D eigenvalue weighted by molar-refractivity contribution is 0.0696. The van der Waals surface area contributed by atoms with Gasteiger partial charge in [-0.25, -0.2) is 22.6 Å². The summed E-state index contributed by atoms with van der Waals surface area (Å²) < 4.78 is 42.5. The Balaban J connectivity index is 1.63. The van der Waals surface area contributed by atoms with E-state index in [0.29, 0.717) is 30.4 Å². The molecular formula is C23H29FN4O4S. The summed E-state index contributed by atoms with van der Waals surface area (Å²) in [7, 11) is -4.16. The van der Waals surface area contributed by atoms with E-state index >= 15 is 0 Å². The fourth-order valence-electron chi connectivity index (χ4n) is 4.70. The van der Waals surface area contributed by atoms with Gasteiger partial charge in [-0.15, -0.1) is 0 Å². The molecule has 2 aliphatic heterocycles. The fraction of sp³-hybridized carbons (Fsp3) is 0.478. The number of benzene rings is 1. The Morgan fingerprint density at radius 2 is 1.97 bits per heavy atom. The number of hydrogen-bond donors (Lipinski definition) is 2. The smallest absolute Gasteiger partial charge is 0.337 e. The Kier molecular flexibility index (Phi) is 6.85. The number of aryl methyl sites for hydroxylation is 1. The number of piperidine rings is 1. The number of sulfonamides is 1. The van der Waals surface area contributed by atoms with Crippen molar-refractivity contribution < 1.29 is 22.7 Å². The van der Waals surface area contributed by atoms with Crippen molar-refractivity contribution in [2.75, 3.05) is 42.3 Å². The summed E-state index contributed by atoms with van der Waals surface area (Å²) in [6.45, 7) is 6.20. The van der Waals surface area contributed by atoms with Crippen molar-refractivity contribution in [2.45, 2.75) is 37.5 Å². The standard InChI is InChI=1S/C23H29FN4O4S/c1-16-6-7-19(24)12-21(16)33(31,32)26-20-11-18(23(29)30)13-25-22(20)28-10-4-5-17(15-28)14-27-8-2-3-9-27/h6-7,11-13,17,26H,2-5,8-10,14-15H2,1H3,(H,29,30)/t17-/m1/s1. The van der Waals surface area contributed by atoms with Gasteiger partial charge in [0.05, 0.1) is 16.1 Å². The molecule has 4 rings (SSSR count). The van der Waals surface area contributed by atoms with Gasteiger partial charge in [-0.2, -0.15) is 0 Å². The van der Waals surface area contributed by atoms with Crippen molar-refractivity contribution in [1.29, 1.82) is 0 Å². The maximum atomic E-state index is 13.8. The second-order valence-corrected chi connectivity index (χ2v) is 10.5. The first-order valence-corrected chi connectivity index (χ1v) is 12.7. The SMILES string of the molecule is Cc1ccc(F)cc1S(=O)(=O)Nc1cc(C(=O)O)cnc1N1CCC[C@H](CN2CCCC2)C1. The first-order chi connectivity index (χ1) is 15.7. The van der Waals surface area contributed by atoms with Crippen LogP contribution >= 0.6 is 0 Å². The molecule has 178 valence electrons. The van der Waals surface area contributed by atoms with E-state index in [4.69, 9.17) is 0 Å². The Hall–Kier alpha value is -2.72. The topological polar surface area (TPSA) is 103 Å². The molecule has 0 bridgehead atoms. The van der Waals surface area contributed by atoms with Gasteiger partial charge in [0.25, 0.3) is 10.0 Å². The number of pyridine rings is 1. The van der Waals surface area contributed by atoms with Gasteiger partial charge < -0.3 is 14.9 Å². The number of carboxylic acids is 1. The second kappa shape index (κ2) is 9.64. The van der Waals surface area contributed by atoms with Crippen LogP contribution in [0.15, 0.2) is 35.4 Å². The van der Waals surface area contributed by atoms with Gasteiger partial charge in [-0.3, -0.25) is 4.72 Å². The number of halogens is 1. The molecule has 1 aromatic carbocycles. The van der Waals surface area contributed by atoms with Crippen molar-refractivity contribution in [1.82, 2.24) is 9.88 Å². The van der Waals surface area contributed by atoms with Crippen molar-refractivity contribution in [3.05, 3.63) is 47.4 Å². The van der Waals surface area contributed by atoms with E-state index in [1.54, 1.807) is 6.92 Å². The molecule has 0 radical (unpaired) electrons. The summed E-state index contributed by atoms with van der Waals surface area (Å²) in [6, 6.07) is 4.82. The van der Waals surface area contributed by atoms with Crippen LogP contribution in [0.3, 0.4) is 0 Å². The van der Waals surface area contributed by atoms with E-state index in [1.165, 1.54) is 37.2 Å². The lowest BCUT2D eigenvalue weighted by atomic mass is 9.97. The predicted molar refractivity (Wildman–Crippen MR) is 124 cm³/mol. The third-order valence-corrected chi connectivity index (χ3v) is 7.84. The number of carboxylic acid groups (broad SMARTS) is 1. The lowest BCUT2D eigenvalue weighted by Gasteiger charge is -2.36. The van der Waals surface area contributed by atoms with Crippen LogP contribution < -0.4 is 9.62 Å². The quantitative estimate of drug-likeness (QED) is 0.632. The van der Waals surface area contributed by atoms with Gasteiger partial charge in [0.2, 0.25) is 0 Å². The first-order valence-electron chi connectivity index (χ1n) is 11.2. The molecule has 1 aromatic heterocycles. The van der Waals surface area contributed by atoms with Crippen LogP contribution in [-0.2, 0) is 10.0 Å². The summed E-state index contributed by atoms with van der Waals surface area (Å²) in [5.74, 6) is -1.06. The van der Waals surface area contributed by atoms with E-state index in [0.717, 1.165) is 38.5 Å². The normalized spacial score (nSPS) is 19.6. The van der Waals surface area contributed by atoms with Gasteiger partial charge >= 0.3 is 5.97 Å². The number of rotatable bonds is 7. The molecule has 0 saturated carbocycles. The number of hydrogen-bond acceptors (Lipinski definition) is 6. The maximum absolute atomic E-state index is 13.8. The molecule has 10 heteroatoms. The average molecular weight is 477 g/mol. The van der Waals surface area contributed by atoms with Crippen LogP contribution in [0.25, 0.3) is 0 Å². The van der Waals surface area contributed by atoms with E-state index in [1.807, 2.05) is 4.90 Å². The number of nitrogens with one attached hydrogen (secondary N) is 1. The Morgan fingerprint density at radius 1 is 1.21 bits per heavy atom. The molecule has 0 aliphatic carbocycles. The number of likely N-dealkylation sites (tertiary alicyclic amines) is 1. The zero-order valence-electron chi connectivity index (χ0n) is 18.6. The zero-order chi connectivity index (χ0) is 23.6. The molecule has 2 aliphatic rings. The van der Waals surface area contributed by atoms with Gasteiger partial charge in [0, 0.05) is 25.8 Å². The summed E-state index contributed by atoms with van der Waals surface area (Å²) in [5, 5.41) is 9.42. The fourth-order valence-corrected chi connectivity index (χ4v) is 6.01. The predicted octanol–water partition coefficient (Wildman–Crippen LogP) is 3.34. The molecule has 2 N–H and O–H groups in total. The second-order valence-electron chi connectivity index (χ2n) is 8.88. The highest BCUT2D eigenvalue weighted by molar-refractivity contribution is 7.92.